The lowest BCUT2D eigenvalue weighted by atomic mass is 10.1. The summed E-state index contributed by atoms with van der Waals surface area (Å²) in [5.41, 5.74) is 0.589. The van der Waals surface area contributed by atoms with E-state index in [2.05, 4.69) is 10.6 Å². The number of benzene rings is 1. The van der Waals surface area contributed by atoms with E-state index in [1.165, 1.54) is 6.07 Å². The minimum atomic E-state index is -0.444. The molecule has 1 aliphatic rings. The van der Waals surface area contributed by atoms with E-state index >= 15 is 0 Å². The van der Waals surface area contributed by atoms with Crippen molar-refractivity contribution in [3.63, 3.8) is 0 Å². The molecule has 2 rings (SSSR count). The first-order chi connectivity index (χ1) is 10.2. The second-order valence-electron chi connectivity index (χ2n) is 5.37. The van der Waals surface area contributed by atoms with E-state index in [9.17, 15) is 9.18 Å². The van der Waals surface area contributed by atoms with Crippen molar-refractivity contribution in [2.45, 2.75) is 32.3 Å². The molecule has 0 bridgehead atoms. The summed E-state index contributed by atoms with van der Waals surface area (Å²) >= 11 is 0. The van der Waals surface area contributed by atoms with Crippen molar-refractivity contribution < 1.29 is 13.9 Å². The van der Waals surface area contributed by atoms with Crippen LogP contribution in [0.1, 0.15) is 35.2 Å². The fourth-order valence-corrected chi connectivity index (χ4v) is 2.40. The molecular formula is C16H23FN2O2. The van der Waals surface area contributed by atoms with Crippen LogP contribution in [-0.4, -0.2) is 38.3 Å². The average molecular weight is 294 g/mol. The topological polar surface area (TPSA) is 50.4 Å². The van der Waals surface area contributed by atoms with Crippen LogP contribution in [0.4, 0.5) is 4.39 Å². The third-order valence-corrected chi connectivity index (χ3v) is 3.68. The Labute approximate surface area is 125 Å². The molecule has 2 N–H and O–H groups in total. The Bertz CT molecular complexity index is 473. The number of aryl methyl sites for hydroxylation is 1. The number of carbonyl (C=O) groups excluding carboxylic acids is 1. The highest BCUT2D eigenvalue weighted by Crippen LogP contribution is 2.11. The highest BCUT2D eigenvalue weighted by Gasteiger charge is 2.14. The number of piperidine rings is 1. The van der Waals surface area contributed by atoms with Gasteiger partial charge in [0.25, 0.3) is 5.91 Å². The standard InChI is InChI=1S/C16H23FN2O2/c1-12-4-2-5-14(15(12)17)16(20)19-8-3-11-21-13-6-9-18-10-7-13/h2,4-5,13,18H,3,6-11H2,1H3,(H,19,20). The van der Waals surface area contributed by atoms with Crippen LogP contribution in [0.5, 0.6) is 0 Å². The minimum absolute atomic E-state index is 0.106. The summed E-state index contributed by atoms with van der Waals surface area (Å²) in [7, 11) is 0. The fraction of sp³-hybridized carbons (Fsp3) is 0.562. The summed E-state index contributed by atoms with van der Waals surface area (Å²) in [6.07, 6.45) is 3.15. The molecule has 21 heavy (non-hydrogen) atoms. The molecule has 0 aromatic heterocycles. The molecule has 1 heterocycles. The zero-order valence-electron chi connectivity index (χ0n) is 12.5. The Balaban J connectivity index is 1.66. The van der Waals surface area contributed by atoms with Crippen LogP contribution in [0.25, 0.3) is 0 Å². The van der Waals surface area contributed by atoms with Gasteiger partial charge in [0, 0.05) is 13.2 Å². The lowest BCUT2D eigenvalue weighted by Gasteiger charge is -2.22. The van der Waals surface area contributed by atoms with E-state index in [4.69, 9.17) is 4.74 Å². The van der Waals surface area contributed by atoms with Crippen molar-refractivity contribution in [2.75, 3.05) is 26.2 Å². The summed E-state index contributed by atoms with van der Waals surface area (Å²) < 4.78 is 19.5. The van der Waals surface area contributed by atoms with Crippen LogP contribution in [0.2, 0.25) is 0 Å². The number of hydrogen-bond acceptors (Lipinski definition) is 3. The lowest BCUT2D eigenvalue weighted by Crippen LogP contribution is -2.33. The molecule has 0 atom stereocenters. The van der Waals surface area contributed by atoms with Gasteiger partial charge < -0.3 is 15.4 Å². The van der Waals surface area contributed by atoms with Gasteiger partial charge in [-0.3, -0.25) is 4.79 Å². The van der Waals surface area contributed by atoms with Gasteiger partial charge in [-0.1, -0.05) is 12.1 Å². The van der Waals surface area contributed by atoms with Gasteiger partial charge in [0.1, 0.15) is 5.82 Å². The molecule has 1 saturated heterocycles. The number of hydrogen-bond donors (Lipinski definition) is 2. The van der Waals surface area contributed by atoms with Gasteiger partial charge in [-0.2, -0.15) is 0 Å². The van der Waals surface area contributed by atoms with E-state index < -0.39 is 5.82 Å². The highest BCUT2D eigenvalue weighted by atomic mass is 19.1. The molecular weight excluding hydrogens is 271 g/mol. The number of nitrogens with one attached hydrogen (secondary N) is 2. The Morgan fingerprint density at radius 1 is 1.43 bits per heavy atom. The molecule has 0 saturated carbocycles. The summed E-state index contributed by atoms with van der Waals surface area (Å²) in [5.74, 6) is -0.806. The van der Waals surface area contributed by atoms with Crippen LogP contribution in [0.3, 0.4) is 0 Å². The molecule has 1 aliphatic heterocycles. The predicted octanol–water partition coefficient (Wildman–Crippen LogP) is 2.02. The first-order valence-corrected chi connectivity index (χ1v) is 7.54. The Morgan fingerprint density at radius 2 is 2.19 bits per heavy atom. The highest BCUT2D eigenvalue weighted by molar-refractivity contribution is 5.94. The largest absolute Gasteiger partial charge is 0.378 e. The molecule has 1 fully saturated rings. The van der Waals surface area contributed by atoms with Gasteiger partial charge in [0.15, 0.2) is 0 Å². The zero-order chi connectivity index (χ0) is 15.1. The lowest BCUT2D eigenvalue weighted by molar-refractivity contribution is 0.0317. The van der Waals surface area contributed by atoms with Crippen LogP contribution in [-0.2, 0) is 4.74 Å². The van der Waals surface area contributed by atoms with E-state index in [0.717, 1.165) is 32.4 Å². The second kappa shape index (κ2) is 8.10. The van der Waals surface area contributed by atoms with Gasteiger partial charge in [0.05, 0.1) is 11.7 Å². The van der Waals surface area contributed by atoms with Gasteiger partial charge in [-0.25, -0.2) is 4.39 Å². The average Bonchev–Trinajstić information content (AvgIpc) is 2.50. The van der Waals surface area contributed by atoms with Gasteiger partial charge in [-0.05, 0) is 50.9 Å². The third kappa shape index (κ3) is 4.79. The van der Waals surface area contributed by atoms with Crippen LogP contribution in [0.15, 0.2) is 18.2 Å². The van der Waals surface area contributed by atoms with Crippen LogP contribution in [0, 0.1) is 12.7 Å². The van der Waals surface area contributed by atoms with Crippen molar-refractivity contribution in [1.82, 2.24) is 10.6 Å². The second-order valence-corrected chi connectivity index (χ2v) is 5.37. The normalized spacial score (nSPS) is 15.9. The van der Waals surface area contributed by atoms with Gasteiger partial charge in [-0.15, -0.1) is 0 Å². The SMILES string of the molecule is Cc1cccc(C(=O)NCCCOC2CCNCC2)c1F. The smallest absolute Gasteiger partial charge is 0.254 e. The van der Waals surface area contributed by atoms with E-state index in [1.807, 2.05) is 0 Å². The number of ether oxygens (including phenoxy) is 1. The summed E-state index contributed by atoms with van der Waals surface area (Å²) in [5, 5.41) is 6.02. The van der Waals surface area contributed by atoms with Crippen molar-refractivity contribution >= 4 is 5.91 Å². The quantitative estimate of drug-likeness (QED) is 0.789. The minimum Gasteiger partial charge on any atom is -0.378 e. The van der Waals surface area contributed by atoms with Crippen molar-refractivity contribution in [3.05, 3.63) is 35.1 Å². The fourth-order valence-electron chi connectivity index (χ4n) is 2.40. The number of rotatable bonds is 6. The third-order valence-electron chi connectivity index (χ3n) is 3.68. The number of amides is 1. The molecule has 1 aromatic rings. The maximum atomic E-state index is 13.8. The van der Waals surface area contributed by atoms with Crippen LogP contribution < -0.4 is 10.6 Å². The summed E-state index contributed by atoms with van der Waals surface area (Å²) in [4.78, 5) is 11.9. The molecule has 1 amide bonds. The molecule has 0 radical (unpaired) electrons. The number of halogens is 1. The zero-order valence-corrected chi connectivity index (χ0v) is 12.5. The molecule has 5 heteroatoms. The molecule has 0 aliphatic carbocycles. The van der Waals surface area contributed by atoms with Crippen molar-refractivity contribution in [2.24, 2.45) is 0 Å². The Hall–Kier alpha value is -1.46. The Kier molecular flexibility index (Phi) is 6.14. The predicted molar refractivity (Wildman–Crippen MR) is 79.9 cm³/mol. The summed E-state index contributed by atoms with van der Waals surface area (Å²) in [6, 6.07) is 4.84. The van der Waals surface area contributed by atoms with Crippen molar-refractivity contribution in [1.29, 1.82) is 0 Å². The first-order valence-electron chi connectivity index (χ1n) is 7.54. The molecule has 0 spiro atoms. The monoisotopic (exact) mass is 294 g/mol. The van der Waals surface area contributed by atoms with E-state index in [-0.39, 0.29) is 11.5 Å². The van der Waals surface area contributed by atoms with E-state index in [0.29, 0.717) is 24.8 Å². The molecule has 1 aromatic carbocycles. The van der Waals surface area contributed by atoms with Gasteiger partial charge >= 0.3 is 0 Å². The molecule has 116 valence electrons. The Morgan fingerprint density at radius 3 is 2.95 bits per heavy atom. The first kappa shape index (κ1) is 15.9. The van der Waals surface area contributed by atoms with E-state index in [1.54, 1.807) is 19.1 Å². The van der Waals surface area contributed by atoms with Crippen molar-refractivity contribution in [3.8, 4) is 0 Å². The maximum absolute atomic E-state index is 13.8. The van der Waals surface area contributed by atoms with Gasteiger partial charge in [0.2, 0.25) is 0 Å². The van der Waals surface area contributed by atoms with Crippen LogP contribution >= 0.6 is 0 Å². The maximum Gasteiger partial charge on any atom is 0.254 e. The summed E-state index contributed by atoms with van der Waals surface area (Å²) in [6.45, 7) is 4.79. The molecule has 0 unspecified atom stereocenters. The number of carbonyl (C=O) groups is 1. The molecule has 4 nitrogen and oxygen atoms in total.